The van der Waals surface area contributed by atoms with E-state index in [0.29, 0.717) is 39.6 Å². The van der Waals surface area contributed by atoms with Crippen molar-refractivity contribution in [2.45, 2.75) is 0 Å². The van der Waals surface area contributed by atoms with E-state index < -0.39 is 0 Å². The number of carbonyl (C=O) groups excluding carboxylic acids is 1. The molecule has 3 N–H and O–H groups in total. The first-order valence-electron chi connectivity index (χ1n) is 7.58. The molecule has 2 aromatic carbocycles. The lowest BCUT2D eigenvalue weighted by Gasteiger charge is -2.06. The number of methoxy groups -OCH3 is 2. The summed E-state index contributed by atoms with van der Waals surface area (Å²) in [5.41, 5.74) is 3.89. The van der Waals surface area contributed by atoms with Gasteiger partial charge in [0.15, 0.2) is 0 Å². The molecule has 0 saturated carbocycles. The number of nitrogens with one attached hydrogen (secondary N) is 2. The van der Waals surface area contributed by atoms with Crippen LogP contribution in [0.2, 0.25) is 0 Å². The highest BCUT2D eigenvalue weighted by Gasteiger charge is 2.34. The molecule has 0 unspecified atom stereocenters. The predicted octanol–water partition coefficient (Wildman–Crippen LogP) is 2.67. The lowest BCUT2D eigenvalue weighted by atomic mass is 10.0. The van der Waals surface area contributed by atoms with Crippen molar-refractivity contribution in [2.24, 2.45) is 5.16 Å². The van der Waals surface area contributed by atoms with Crippen LogP contribution in [0.4, 0.5) is 11.4 Å². The molecule has 0 spiro atoms. The lowest BCUT2D eigenvalue weighted by Crippen LogP contribution is -2.12. The number of carbonyl (C=O) groups is 1. The third kappa shape index (κ3) is 2.20. The molecule has 0 saturated heterocycles. The van der Waals surface area contributed by atoms with E-state index in [4.69, 9.17) is 9.47 Å². The summed E-state index contributed by atoms with van der Waals surface area (Å²) in [7, 11) is 3.13. The molecule has 126 valence electrons. The summed E-state index contributed by atoms with van der Waals surface area (Å²) in [6.07, 6.45) is 0. The zero-order valence-electron chi connectivity index (χ0n) is 13.6. The number of anilines is 2. The summed E-state index contributed by atoms with van der Waals surface area (Å²) < 4.78 is 10.5. The monoisotopic (exact) mass is 337 g/mol. The predicted molar refractivity (Wildman–Crippen MR) is 93.5 cm³/mol. The van der Waals surface area contributed by atoms with Crippen LogP contribution in [0.15, 0.2) is 47.3 Å². The highest BCUT2D eigenvalue weighted by Crippen LogP contribution is 2.41. The van der Waals surface area contributed by atoms with Crippen molar-refractivity contribution in [1.29, 1.82) is 0 Å². The topological polar surface area (TPSA) is 92.2 Å². The van der Waals surface area contributed by atoms with E-state index in [9.17, 15) is 10.0 Å². The minimum Gasteiger partial charge on any atom is -0.497 e. The van der Waals surface area contributed by atoms with Crippen molar-refractivity contribution in [3.63, 3.8) is 0 Å². The van der Waals surface area contributed by atoms with Crippen LogP contribution in [0.25, 0.3) is 5.57 Å². The second kappa shape index (κ2) is 5.55. The smallest absolute Gasteiger partial charge is 0.258 e. The van der Waals surface area contributed by atoms with Crippen LogP contribution in [0.5, 0.6) is 11.5 Å². The van der Waals surface area contributed by atoms with Crippen LogP contribution in [-0.2, 0) is 4.79 Å². The Labute approximate surface area is 143 Å². The van der Waals surface area contributed by atoms with Crippen LogP contribution in [0.1, 0.15) is 11.1 Å². The highest BCUT2D eigenvalue weighted by atomic mass is 16.5. The molecule has 25 heavy (non-hydrogen) atoms. The molecule has 0 atom stereocenters. The van der Waals surface area contributed by atoms with Gasteiger partial charge in [-0.2, -0.15) is 0 Å². The average Bonchev–Trinajstić information content (AvgIpc) is 3.15. The number of amides is 1. The summed E-state index contributed by atoms with van der Waals surface area (Å²) in [4.78, 5) is 12.5. The second-order valence-electron chi connectivity index (χ2n) is 5.60. The minimum atomic E-state index is -0.272. The van der Waals surface area contributed by atoms with Gasteiger partial charge in [-0.05, 0) is 36.4 Å². The number of allylic oxidation sites excluding steroid dienone is 1. The van der Waals surface area contributed by atoms with E-state index in [1.807, 2.05) is 6.07 Å². The van der Waals surface area contributed by atoms with Crippen LogP contribution in [0.3, 0.4) is 0 Å². The summed E-state index contributed by atoms with van der Waals surface area (Å²) in [6, 6.07) is 10.7. The molecule has 0 radical (unpaired) electrons. The van der Waals surface area contributed by atoms with Crippen molar-refractivity contribution in [3.05, 3.63) is 53.2 Å². The van der Waals surface area contributed by atoms with Gasteiger partial charge in [-0.1, -0.05) is 5.16 Å². The molecule has 0 aromatic heterocycles. The molecule has 2 aliphatic heterocycles. The Hall–Kier alpha value is -3.48. The van der Waals surface area contributed by atoms with Crippen LogP contribution in [-0.4, -0.2) is 31.0 Å². The molecule has 2 aliphatic rings. The van der Waals surface area contributed by atoms with Gasteiger partial charge in [0.1, 0.15) is 17.2 Å². The molecular weight excluding hydrogens is 322 g/mol. The lowest BCUT2D eigenvalue weighted by molar-refractivity contribution is -0.110. The summed E-state index contributed by atoms with van der Waals surface area (Å²) >= 11 is 0. The second-order valence-corrected chi connectivity index (χ2v) is 5.60. The number of fused-ring (bicyclic) bond motifs is 2. The maximum Gasteiger partial charge on any atom is 0.258 e. The number of benzene rings is 2. The quantitative estimate of drug-likeness (QED) is 0.445. The molecule has 4 rings (SSSR count). The standard InChI is InChI=1S/C18H15N3O4/c1-24-9-3-5-13-11(7-9)15(18(22)20-13)17-16(21-23)12-8-10(25-2)4-6-14(12)19-17/h3-8,19,23H,1-2H3,(H,20,22)/b17-15-,21-16+. The Morgan fingerprint density at radius 3 is 2.12 bits per heavy atom. The molecule has 2 aromatic rings. The number of ether oxygens (including phenoxy) is 2. The fourth-order valence-corrected chi connectivity index (χ4v) is 3.09. The molecule has 7 nitrogen and oxygen atoms in total. The Morgan fingerprint density at radius 1 is 0.920 bits per heavy atom. The number of hydrogen-bond acceptors (Lipinski definition) is 6. The summed E-state index contributed by atoms with van der Waals surface area (Å²) in [5, 5.41) is 19.0. The highest BCUT2D eigenvalue weighted by molar-refractivity contribution is 6.39. The molecule has 0 bridgehead atoms. The van der Waals surface area contributed by atoms with E-state index >= 15 is 0 Å². The minimum absolute atomic E-state index is 0.272. The third-order valence-electron chi connectivity index (χ3n) is 4.30. The Kier molecular flexibility index (Phi) is 3.35. The van der Waals surface area contributed by atoms with Crippen molar-refractivity contribution >= 4 is 28.6 Å². The van der Waals surface area contributed by atoms with Crippen molar-refractivity contribution < 1.29 is 19.5 Å². The Balaban J connectivity index is 1.91. The average molecular weight is 337 g/mol. The van der Waals surface area contributed by atoms with Gasteiger partial charge in [0.25, 0.3) is 5.91 Å². The normalized spacial score (nSPS) is 19.3. The number of rotatable bonds is 2. The maximum atomic E-state index is 12.5. The van der Waals surface area contributed by atoms with Gasteiger partial charge in [-0.3, -0.25) is 4.79 Å². The van der Waals surface area contributed by atoms with Gasteiger partial charge in [-0.25, -0.2) is 0 Å². The fraction of sp³-hybridized carbons (Fsp3) is 0.111. The largest absolute Gasteiger partial charge is 0.497 e. The molecule has 0 fully saturated rings. The summed E-state index contributed by atoms with van der Waals surface area (Å²) in [5.74, 6) is 0.991. The molecule has 0 aliphatic carbocycles. The van der Waals surface area contributed by atoms with Gasteiger partial charge in [0.05, 0.1) is 25.5 Å². The zero-order chi connectivity index (χ0) is 17.6. The van der Waals surface area contributed by atoms with Gasteiger partial charge in [0, 0.05) is 22.5 Å². The molecular formula is C18H15N3O4. The van der Waals surface area contributed by atoms with E-state index in [1.165, 1.54) is 0 Å². The first-order valence-corrected chi connectivity index (χ1v) is 7.58. The number of hydrogen-bond donors (Lipinski definition) is 3. The summed E-state index contributed by atoms with van der Waals surface area (Å²) in [6.45, 7) is 0. The SMILES string of the molecule is COc1ccc2c(c1)/C(=C1/Nc3ccc(OC)cc3/C1=N\O)C(=O)N2. The first kappa shape index (κ1) is 15.1. The Morgan fingerprint density at radius 2 is 1.52 bits per heavy atom. The van der Waals surface area contributed by atoms with Gasteiger partial charge >= 0.3 is 0 Å². The third-order valence-corrected chi connectivity index (χ3v) is 4.30. The number of nitrogens with zero attached hydrogens (tertiary/aromatic N) is 1. The Bertz CT molecular complexity index is 963. The van der Waals surface area contributed by atoms with E-state index in [0.717, 1.165) is 5.69 Å². The van der Waals surface area contributed by atoms with Crippen LogP contribution in [0, 0.1) is 0 Å². The molecule has 1 amide bonds. The van der Waals surface area contributed by atoms with Gasteiger partial charge in [0.2, 0.25) is 0 Å². The van der Waals surface area contributed by atoms with Crippen molar-refractivity contribution in [3.8, 4) is 11.5 Å². The maximum absolute atomic E-state index is 12.5. The van der Waals surface area contributed by atoms with E-state index in [-0.39, 0.29) is 11.6 Å². The van der Waals surface area contributed by atoms with Crippen LogP contribution < -0.4 is 20.1 Å². The molecule has 7 heteroatoms. The van der Waals surface area contributed by atoms with E-state index in [1.54, 1.807) is 44.6 Å². The van der Waals surface area contributed by atoms with Gasteiger partial charge < -0.3 is 25.3 Å². The fourth-order valence-electron chi connectivity index (χ4n) is 3.09. The zero-order valence-corrected chi connectivity index (χ0v) is 13.6. The number of oxime groups is 1. The molecule has 2 heterocycles. The van der Waals surface area contributed by atoms with Crippen molar-refractivity contribution in [2.75, 3.05) is 24.9 Å². The van der Waals surface area contributed by atoms with Gasteiger partial charge in [-0.15, -0.1) is 0 Å². The first-order chi connectivity index (χ1) is 12.2. The van der Waals surface area contributed by atoms with Crippen LogP contribution >= 0.6 is 0 Å². The van der Waals surface area contributed by atoms with E-state index in [2.05, 4.69) is 15.8 Å². The van der Waals surface area contributed by atoms with Crippen molar-refractivity contribution in [1.82, 2.24) is 0 Å².